The van der Waals surface area contributed by atoms with E-state index in [9.17, 15) is 4.79 Å². The number of methoxy groups -OCH3 is 1. The van der Waals surface area contributed by atoms with Crippen LogP contribution in [0.2, 0.25) is 0 Å². The van der Waals surface area contributed by atoms with Gasteiger partial charge >= 0.3 is 0 Å². The van der Waals surface area contributed by atoms with E-state index < -0.39 is 0 Å². The smallest absolute Gasteiger partial charge is 0.274 e. The molecule has 5 heteroatoms. The molecule has 0 atom stereocenters. The van der Waals surface area contributed by atoms with E-state index in [1.165, 1.54) is 16.7 Å². The molecule has 0 aliphatic heterocycles. The zero-order valence-electron chi connectivity index (χ0n) is 16.0. The Hall–Kier alpha value is -3.34. The van der Waals surface area contributed by atoms with Crippen molar-refractivity contribution in [2.75, 3.05) is 17.7 Å². The van der Waals surface area contributed by atoms with Crippen LogP contribution < -0.4 is 15.4 Å². The lowest BCUT2D eigenvalue weighted by molar-refractivity contribution is 0.102. The van der Waals surface area contributed by atoms with Crippen molar-refractivity contribution in [3.05, 3.63) is 77.1 Å². The van der Waals surface area contributed by atoms with Gasteiger partial charge in [0, 0.05) is 17.4 Å². The Labute approximate surface area is 159 Å². The molecule has 2 N–H and O–H groups in total. The summed E-state index contributed by atoms with van der Waals surface area (Å²) in [5.74, 6) is 0.418. The highest BCUT2D eigenvalue weighted by Gasteiger charge is 2.09. The average Bonchev–Trinajstić information content (AvgIpc) is 2.65. The van der Waals surface area contributed by atoms with Crippen LogP contribution in [0.4, 0.5) is 17.1 Å². The van der Waals surface area contributed by atoms with Crippen LogP contribution in [-0.2, 0) is 0 Å². The second-order valence-electron chi connectivity index (χ2n) is 6.52. The zero-order valence-corrected chi connectivity index (χ0v) is 16.0. The molecule has 0 saturated heterocycles. The highest BCUT2D eigenvalue weighted by molar-refractivity contribution is 6.03. The van der Waals surface area contributed by atoms with E-state index in [0.29, 0.717) is 17.1 Å². The molecule has 2 aromatic carbocycles. The quantitative estimate of drug-likeness (QED) is 0.670. The maximum atomic E-state index is 12.4. The number of nitrogens with one attached hydrogen (secondary N) is 2. The minimum atomic E-state index is -0.266. The summed E-state index contributed by atoms with van der Waals surface area (Å²) in [5, 5.41) is 6.21. The summed E-state index contributed by atoms with van der Waals surface area (Å²) in [5.41, 5.74) is 6.49. The summed E-state index contributed by atoms with van der Waals surface area (Å²) in [4.78, 5) is 16.7. The van der Waals surface area contributed by atoms with Crippen LogP contribution >= 0.6 is 0 Å². The Balaban J connectivity index is 1.72. The SMILES string of the molecule is COc1cccc(NC(=O)c2ccc(Nc3c(C)cc(C)cc3C)cn2)c1. The van der Waals surface area contributed by atoms with Gasteiger partial charge in [-0.15, -0.1) is 0 Å². The molecule has 138 valence electrons. The molecule has 0 unspecified atom stereocenters. The number of ether oxygens (including phenoxy) is 1. The number of anilines is 3. The first-order valence-electron chi connectivity index (χ1n) is 8.72. The van der Waals surface area contributed by atoms with Gasteiger partial charge in [0.05, 0.1) is 19.0 Å². The van der Waals surface area contributed by atoms with Crippen molar-refractivity contribution in [3.8, 4) is 5.75 Å². The predicted molar refractivity (Wildman–Crippen MR) is 109 cm³/mol. The second kappa shape index (κ2) is 7.91. The number of nitrogens with zero attached hydrogens (tertiary/aromatic N) is 1. The molecule has 0 spiro atoms. The predicted octanol–water partition coefficient (Wildman–Crippen LogP) is 5.01. The number of carbonyl (C=O) groups excluding carboxylic acids is 1. The van der Waals surface area contributed by atoms with Crippen LogP contribution in [0.5, 0.6) is 5.75 Å². The van der Waals surface area contributed by atoms with E-state index in [-0.39, 0.29) is 5.91 Å². The fourth-order valence-electron chi connectivity index (χ4n) is 3.02. The zero-order chi connectivity index (χ0) is 19.4. The molecule has 0 aliphatic carbocycles. The first kappa shape index (κ1) is 18.5. The van der Waals surface area contributed by atoms with Gasteiger partial charge in [0.25, 0.3) is 5.91 Å². The van der Waals surface area contributed by atoms with Crippen LogP contribution in [0.15, 0.2) is 54.7 Å². The summed E-state index contributed by atoms with van der Waals surface area (Å²) < 4.78 is 5.17. The minimum Gasteiger partial charge on any atom is -0.497 e. The molecule has 1 amide bonds. The normalized spacial score (nSPS) is 10.4. The lowest BCUT2D eigenvalue weighted by Gasteiger charge is -2.14. The van der Waals surface area contributed by atoms with Crippen molar-refractivity contribution >= 4 is 23.0 Å². The maximum absolute atomic E-state index is 12.4. The number of aryl methyl sites for hydroxylation is 3. The summed E-state index contributed by atoms with van der Waals surface area (Å²) in [6.45, 7) is 6.23. The molecule has 3 rings (SSSR count). The van der Waals surface area contributed by atoms with Crippen molar-refractivity contribution in [1.29, 1.82) is 0 Å². The molecule has 3 aromatic rings. The van der Waals surface area contributed by atoms with Gasteiger partial charge in [-0.25, -0.2) is 4.98 Å². The lowest BCUT2D eigenvalue weighted by Crippen LogP contribution is -2.13. The van der Waals surface area contributed by atoms with E-state index in [4.69, 9.17) is 4.74 Å². The number of rotatable bonds is 5. The molecule has 27 heavy (non-hydrogen) atoms. The Kier molecular flexibility index (Phi) is 5.41. The summed E-state index contributed by atoms with van der Waals surface area (Å²) in [6, 6.07) is 15.0. The van der Waals surface area contributed by atoms with E-state index in [1.54, 1.807) is 31.5 Å². The summed E-state index contributed by atoms with van der Waals surface area (Å²) in [6.07, 6.45) is 1.67. The fraction of sp³-hybridized carbons (Fsp3) is 0.182. The number of benzene rings is 2. The number of hydrogen-bond donors (Lipinski definition) is 2. The average molecular weight is 361 g/mol. The fourth-order valence-corrected chi connectivity index (χ4v) is 3.02. The molecule has 0 bridgehead atoms. The van der Waals surface area contributed by atoms with Gasteiger partial charge in [0.2, 0.25) is 0 Å². The van der Waals surface area contributed by atoms with Crippen molar-refractivity contribution in [1.82, 2.24) is 4.98 Å². The molecule has 5 nitrogen and oxygen atoms in total. The lowest BCUT2D eigenvalue weighted by atomic mass is 10.0. The minimum absolute atomic E-state index is 0.266. The largest absolute Gasteiger partial charge is 0.497 e. The number of pyridine rings is 1. The van der Waals surface area contributed by atoms with Crippen molar-refractivity contribution in [3.63, 3.8) is 0 Å². The Bertz CT molecular complexity index is 943. The van der Waals surface area contributed by atoms with Gasteiger partial charge in [-0.2, -0.15) is 0 Å². The van der Waals surface area contributed by atoms with Gasteiger partial charge < -0.3 is 15.4 Å². The highest BCUT2D eigenvalue weighted by Crippen LogP contribution is 2.25. The molecule has 0 fully saturated rings. The monoisotopic (exact) mass is 361 g/mol. The maximum Gasteiger partial charge on any atom is 0.274 e. The first-order chi connectivity index (χ1) is 13.0. The number of hydrogen-bond acceptors (Lipinski definition) is 4. The summed E-state index contributed by atoms with van der Waals surface area (Å²) >= 11 is 0. The summed E-state index contributed by atoms with van der Waals surface area (Å²) in [7, 11) is 1.59. The Morgan fingerprint density at radius 3 is 2.33 bits per heavy atom. The molecular formula is C22H23N3O2. The highest BCUT2D eigenvalue weighted by atomic mass is 16.5. The number of amides is 1. The molecule has 0 radical (unpaired) electrons. The third kappa shape index (κ3) is 4.44. The van der Waals surface area contributed by atoms with Gasteiger partial charge in [-0.3, -0.25) is 4.79 Å². The van der Waals surface area contributed by atoms with E-state index in [0.717, 1.165) is 11.4 Å². The molecule has 0 aliphatic rings. The van der Waals surface area contributed by atoms with E-state index >= 15 is 0 Å². The van der Waals surface area contributed by atoms with Crippen molar-refractivity contribution in [2.45, 2.75) is 20.8 Å². The second-order valence-corrected chi connectivity index (χ2v) is 6.52. The Morgan fingerprint density at radius 2 is 1.70 bits per heavy atom. The molecule has 1 heterocycles. The van der Waals surface area contributed by atoms with E-state index in [1.807, 2.05) is 18.2 Å². The van der Waals surface area contributed by atoms with Gasteiger partial charge in [-0.05, 0) is 56.2 Å². The standard InChI is InChI=1S/C22H23N3O2/c1-14-10-15(2)21(16(3)11-14)24-18-8-9-20(23-13-18)22(26)25-17-6-5-7-19(12-17)27-4/h5-13,24H,1-4H3,(H,25,26). The third-order valence-corrected chi connectivity index (χ3v) is 4.27. The van der Waals surface area contributed by atoms with Crippen LogP contribution in [0, 0.1) is 20.8 Å². The first-order valence-corrected chi connectivity index (χ1v) is 8.72. The van der Waals surface area contributed by atoms with Crippen LogP contribution in [0.1, 0.15) is 27.2 Å². The van der Waals surface area contributed by atoms with E-state index in [2.05, 4.69) is 48.5 Å². The number of aromatic nitrogens is 1. The van der Waals surface area contributed by atoms with Crippen LogP contribution in [0.3, 0.4) is 0 Å². The van der Waals surface area contributed by atoms with Crippen molar-refractivity contribution < 1.29 is 9.53 Å². The van der Waals surface area contributed by atoms with Gasteiger partial charge in [0.1, 0.15) is 11.4 Å². The van der Waals surface area contributed by atoms with Crippen LogP contribution in [0.25, 0.3) is 0 Å². The van der Waals surface area contributed by atoms with Crippen molar-refractivity contribution in [2.24, 2.45) is 0 Å². The molecule has 1 aromatic heterocycles. The van der Waals surface area contributed by atoms with Gasteiger partial charge in [-0.1, -0.05) is 23.8 Å². The van der Waals surface area contributed by atoms with Gasteiger partial charge in [0.15, 0.2) is 0 Å². The third-order valence-electron chi connectivity index (χ3n) is 4.27. The Morgan fingerprint density at radius 1 is 0.963 bits per heavy atom. The molecule has 0 saturated carbocycles. The molecular weight excluding hydrogens is 338 g/mol. The topological polar surface area (TPSA) is 63.2 Å². The number of carbonyl (C=O) groups is 1. The van der Waals surface area contributed by atoms with Crippen LogP contribution in [-0.4, -0.2) is 18.0 Å².